The Hall–Kier alpha value is -0.770. The summed E-state index contributed by atoms with van der Waals surface area (Å²) >= 11 is 0. The number of amides is 1. The SMILES string of the molecule is CN(C)C12CCC1CN(C(=O)OC(C)(C)C)C2. The van der Waals surface area contributed by atoms with Crippen LogP contribution in [0.15, 0.2) is 0 Å². The second-order valence-corrected chi connectivity index (χ2v) is 6.59. The molecule has 2 rings (SSSR count). The molecule has 2 atom stereocenters. The van der Waals surface area contributed by atoms with E-state index in [1.165, 1.54) is 12.8 Å². The van der Waals surface area contributed by atoms with Gasteiger partial charge in [0.1, 0.15) is 5.60 Å². The van der Waals surface area contributed by atoms with Gasteiger partial charge < -0.3 is 14.5 Å². The predicted molar refractivity (Wildman–Crippen MR) is 66.9 cm³/mol. The standard InChI is InChI=1S/C13H24N2O2/c1-12(2,3)17-11(16)15-8-10-6-7-13(10,9-15)14(4)5/h10H,6-9H2,1-5H3. The molecule has 17 heavy (non-hydrogen) atoms. The lowest BCUT2D eigenvalue weighted by molar-refractivity contribution is 0.0179. The van der Waals surface area contributed by atoms with Gasteiger partial charge in [0.05, 0.1) is 0 Å². The van der Waals surface area contributed by atoms with Crippen LogP contribution >= 0.6 is 0 Å². The van der Waals surface area contributed by atoms with Gasteiger partial charge in [-0.2, -0.15) is 0 Å². The zero-order valence-corrected chi connectivity index (χ0v) is 11.6. The van der Waals surface area contributed by atoms with Gasteiger partial charge in [0.25, 0.3) is 0 Å². The number of hydrogen-bond donors (Lipinski definition) is 0. The summed E-state index contributed by atoms with van der Waals surface area (Å²) in [6.45, 7) is 7.42. The second-order valence-electron chi connectivity index (χ2n) is 6.59. The van der Waals surface area contributed by atoms with Gasteiger partial charge in [-0.05, 0) is 53.6 Å². The molecule has 0 aromatic heterocycles. The fourth-order valence-electron chi connectivity index (χ4n) is 3.01. The Balaban J connectivity index is 2.00. The maximum absolute atomic E-state index is 12.0. The van der Waals surface area contributed by atoms with E-state index in [4.69, 9.17) is 4.74 Å². The highest BCUT2D eigenvalue weighted by atomic mass is 16.6. The van der Waals surface area contributed by atoms with E-state index in [9.17, 15) is 4.79 Å². The van der Waals surface area contributed by atoms with Crippen molar-refractivity contribution >= 4 is 6.09 Å². The van der Waals surface area contributed by atoms with E-state index in [2.05, 4.69) is 19.0 Å². The monoisotopic (exact) mass is 240 g/mol. The van der Waals surface area contributed by atoms with Crippen molar-refractivity contribution in [3.63, 3.8) is 0 Å². The molecule has 1 aliphatic carbocycles. The van der Waals surface area contributed by atoms with E-state index in [1.807, 2.05) is 25.7 Å². The second kappa shape index (κ2) is 3.87. The average molecular weight is 240 g/mol. The summed E-state index contributed by atoms with van der Waals surface area (Å²) in [5, 5.41) is 0. The topological polar surface area (TPSA) is 32.8 Å². The third kappa shape index (κ3) is 2.15. The molecule has 2 unspecified atom stereocenters. The molecule has 1 heterocycles. The van der Waals surface area contributed by atoms with Crippen LogP contribution in [-0.2, 0) is 4.74 Å². The van der Waals surface area contributed by atoms with Crippen LogP contribution in [0.5, 0.6) is 0 Å². The molecule has 1 saturated heterocycles. The summed E-state index contributed by atoms with van der Waals surface area (Å²) < 4.78 is 5.44. The molecule has 2 aliphatic rings. The van der Waals surface area contributed by atoms with Crippen LogP contribution in [0, 0.1) is 5.92 Å². The normalized spacial score (nSPS) is 32.4. The van der Waals surface area contributed by atoms with Gasteiger partial charge in [0.2, 0.25) is 0 Å². The fraction of sp³-hybridized carbons (Fsp3) is 0.923. The van der Waals surface area contributed by atoms with Crippen molar-refractivity contribution in [2.45, 2.75) is 44.8 Å². The molecule has 1 aliphatic heterocycles. The Kier molecular flexibility index (Phi) is 2.89. The molecular formula is C13H24N2O2. The molecule has 98 valence electrons. The number of likely N-dealkylation sites (tertiary alicyclic amines) is 1. The van der Waals surface area contributed by atoms with Gasteiger partial charge in [0.15, 0.2) is 0 Å². The Labute approximate surface area is 104 Å². The Morgan fingerprint density at radius 2 is 2.06 bits per heavy atom. The molecule has 1 saturated carbocycles. The highest BCUT2D eigenvalue weighted by Crippen LogP contribution is 2.47. The van der Waals surface area contributed by atoms with Crippen molar-refractivity contribution in [1.82, 2.24) is 9.80 Å². The summed E-state index contributed by atoms with van der Waals surface area (Å²) in [4.78, 5) is 16.2. The molecule has 0 spiro atoms. The Bertz CT molecular complexity index is 322. The highest BCUT2D eigenvalue weighted by Gasteiger charge is 2.55. The minimum atomic E-state index is -0.399. The lowest BCUT2D eigenvalue weighted by Gasteiger charge is -2.48. The van der Waals surface area contributed by atoms with Crippen molar-refractivity contribution < 1.29 is 9.53 Å². The van der Waals surface area contributed by atoms with E-state index < -0.39 is 5.60 Å². The summed E-state index contributed by atoms with van der Waals surface area (Å²) in [5.74, 6) is 0.630. The van der Waals surface area contributed by atoms with E-state index in [0.29, 0.717) is 5.92 Å². The third-order valence-corrected chi connectivity index (χ3v) is 4.13. The van der Waals surface area contributed by atoms with Gasteiger partial charge in [-0.25, -0.2) is 4.79 Å². The molecule has 2 fully saturated rings. The lowest BCUT2D eigenvalue weighted by Crippen LogP contribution is -2.57. The first-order valence-corrected chi connectivity index (χ1v) is 6.40. The quantitative estimate of drug-likeness (QED) is 0.702. The zero-order chi connectivity index (χ0) is 12.8. The van der Waals surface area contributed by atoms with E-state index in [1.54, 1.807) is 0 Å². The third-order valence-electron chi connectivity index (χ3n) is 4.13. The van der Waals surface area contributed by atoms with Crippen LogP contribution in [0.1, 0.15) is 33.6 Å². The van der Waals surface area contributed by atoms with Crippen LogP contribution in [0.3, 0.4) is 0 Å². The summed E-state index contributed by atoms with van der Waals surface area (Å²) in [5.41, 5.74) is -0.180. The average Bonchev–Trinajstić information content (AvgIpc) is 2.37. The predicted octanol–water partition coefficient (Wildman–Crippen LogP) is 1.95. The molecule has 0 radical (unpaired) electrons. The molecule has 0 bridgehead atoms. The van der Waals surface area contributed by atoms with Crippen molar-refractivity contribution in [3.8, 4) is 0 Å². The Morgan fingerprint density at radius 1 is 1.41 bits per heavy atom. The van der Waals surface area contributed by atoms with Crippen molar-refractivity contribution in [2.75, 3.05) is 27.2 Å². The smallest absolute Gasteiger partial charge is 0.410 e. The summed E-state index contributed by atoms with van der Waals surface area (Å²) in [6, 6.07) is 0. The minimum Gasteiger partial charge on any atom is -0.444 e. The zero-order valence-electron chi connectivity index (χ0n) is 11.6. The first-order valence-electron chi connectivity index (χ1n) is 6.40. The number of rotatable bonds is 1. The molecule has 0 aromatic carbocycles. The summed E-state index contributed by atoms with van der Waals surface area (Å²) in [7, 11) is 4.23. The van der Waals surface area contributed by atoms with Crippen molar-refractivity contribution in [3.05, 3.63) is 0 Å². The molecule has 4 heteroatoms. The maximum atomic E-state index is 12.0. The van der Waals surface area contributed by atoms with Crippen LogP contribution in [0.25, 0.3) is 0 Å². The number of fused-ring (bicyclic) bond motifs is 1. The number of hydrogen-bond acceptors (Lipinski definition) is 3. The highest BCUT2D eigenvalue weighted by molar-refractivity contribution is 5.69. The molecule has 0 N–H and O–H groups in total. The number of ether oxygens (including phenoxy) is 1. The van der Waals surface area contributed by atoms with E-state index >= 15 is 0 Å². The first-order chi connectivity index (χ1) is 7.74. The van der Waals surface area contributed by atoms with E-state index in [-0.39, 0.29) is 11.6 Å². The summed E-state index contributed by atoms with van der Waals surface area (Å²) in [6.07, 6.45) is 2.27. The van der Waals surface area contributed by atoms with Crippen LogP contribution in [0.4, 0.5) is 4.79 Å². The van der Waals surface area contributed by atoms with Gasteiger partial charge >= 0.3 is 6.09 Å². The molecular weight excluding hydrogens is 216 g/mol. The number of carbonyl (C=O) groups excluding carboxylic acids is 1. The van der Waals surface area contributed by atoms with Crippen molar-refractivity contribution in [1.29, 1.82) is 0 Å². The first kappa shape index (κ1) is 12.7. The van der Waals surface area contributed by atoms with Crippen LogP contribution < -0.4 is 0 Å². The number of carbonyl (C=O) groups is 1. The van der Waals surface area contributed by atoms with Gasteiger partial charge in [-0.15, -0.1) is 0 Å². The van der Waals surface area contributed by atoms with Crippen molar-refractivity contribution in [2.24, 2.45) is 5.92 Å². The van der Waals surface area contributed by atoms with Gasteiger partial charge in [-0.1, -0.05) is 0 Å². The molecule has 1 amide bonds. The molecule has 0 aromatic rings. The fourth-order valence-corrected chi connectivity index (χ4v) is 3.01. The maximum Gasteiger partial charge on any atom is 0.410 e. The number of likely N-dealkylation sites (N-methyl/N-ethyl adjacent to an activating group) is 1. The number of nitrogens with zero attached hydrogens (tertiary/aromatic N) is 2. The van der Waals surface area contributed by atoms with Gasteiger partial charge in [-0.3, -0.25) is 0 Å². The van der Waals surface area contributed by atoms with Crippen LogP contribution in [-0.4, -0.2) is 54.2 Å². The van der Waals surface area contributed by atoms with E-state index in [0.717, 1.165) is 13.1 Å². The lowest BCUT2D eigenvalue weighted by atomic mass is 9.68. The van der Waals surface area contributed by atoms with Crippen LogP contribution in [0.2, 0.25) is 0 Å². The minimum absolute atomic E-state index is 0.159. The molecule has 4 nitrogen and oxygen atoms in total. The van der Waals surface area contributed by atoms with Gasteiger partial charge in [0, 0.05) is 18.6 Å². The largest absolute Gasteiger partial charge is 0.444 e. The Morgan fingerprint density at radius 3 is 2.41 bits per heavy atom.